The molecule has 3 N–H and O–H groups in total. The van der Waals surface area contributed by atoms with E-state index in [1.54, 1.807) is 0 Å². The number of benzene rings is 1. The fourth-order valence-corrected chi connectivity index (χ4v) is 4.22. The first-order chi connectivity index (χ1) is 13.9. The van der Waals surface area contributed by atoms with Crippen LogP contribution in [-0.2, 0) is 27.1 Å². The lowest BCUT2D eigenvalue weighted by Gasteiger charge is -2.12. The Morgan fingerprint density at radius 1 is 1.17 bits per heavy atom. The molecule has 29 heavy (non-hydrogen) atoms. The Balaban J connectivity index is 1.76. The fraction of sp³-hybridized carbons (Fsp3) is 0.667. The maximum absolute atomic E-state index is 12.0. The van der Waals surface area contributed by atoms with Gasteiger partial charge in [-0.15, -0.1) is 0 Å². The smallest absolute Gasteiger partial charge is 0.216 e. The second-order valence-electron chi connectivity index (χ2n) is 7.84. The monoisotopic (exact) mass is 424 g/mol. The van der Waals surface area contributed by atoms with Crippen LogP contribution in [0, 0.1) is 5.92 Å². The van der Waals surface area contributed by atoms with E-state index in [9.17, 15) is 8.42 Å². The molecule has 0 unspecified atom stereocenters. The van der Waals surface area contributed by atoms with Gasteiger partial charge in [-0.1, -0.05) is 24.3 Å². The number of guanidine groups is 1. The zero-order chi connectivity index (χ0) is 21.1. The molecule has 1 aliphatic rings. The summed E-state index contributed by atoms with van der Waals surface area (Å²) in [4.78, 5) is 4.61. The molecule has 1 aromatic carbocycles. The standard InChI is InChI=1S/C21H36N4O3S/c1-4-22-21(23-12-5-13-28-15-19-8-9-19)24-14-18-6-10-20(11-7-18)16-29(26,27)25-17(2)3/h6-7,10-11,17,19,25H,4-5,8-9,12-16H2,1-3H3,(H2,22,23,24). The molecule has 0 atom stereocenters. The van der Waals surface area contributed by atoms with Crippen LogP contribution < -0.4 is 15.4 Å². The molecule has 0 spiro atoms. The predicted octanol–water partition coefficient (Wildman–Crippen LogP) is 2.39. The third kappa shape index (κ3) is 10.6. The van der Waals surface area contributed by atoms with E-state index < -0.39 is 10.0 Å². The summed E-state index contributed by atoms with van der Waals surface area (Å²) in [5, 5.41) is 6.57. The molecular formula is C21H36N4O3S. The van der Waals surface area contributed by atoms with Crippen LogP contribution in [-0.4, -0.2) is 46.7 Å². The number of nitrogens with zero attached hydrogens (tertiary/aromatic N) is 1. The zero-order valence-electron chi connectivity index (χ0n) is 17.9. The number of hydrogen-bond donors (Lipinski definition) is 3. The summed E-state index contributed by atoms with van der Waals surface area (Å²) < 4.78 is 32.3. The number of sulfonamides is 1. The Morgan fingerprint density at radius 3 is 2.48 bits per heavy atom. The van der Waals surface area contributed by atoms with Gasteiger partial charge in [0.25, 0.3) is 0 Å². The molecule has 1 saturated carbocycles. The molecule has 0 aliphatic heterocycles. The van der Waals surface area contributed by atoms with Crippen LogP contribution >= 0.6 is 0 Å². The second kappa shape index (κ2) is 12.1. The van der Waals surface area contributed by atoms with Gasteiger partial charge in [0, 0.05) is 32.3 Å². The highest BCUT2D eigenvalue weighted by atomic mass is 32.2. The van der Waals surface area contributed by atoms with Crippen molar-refractivity contribution in [2.45, 2.75) is 58.4 Å². The van der Waals surface area contributed by atoms with Crippen molar-refractivity contribution in [2.75, 3.05) is 26.3 Å². The second-order valence-corrected chi connectivity index (χ2v) is 9.60. The molecule has 7 nitrogen and oxygen atoms in total. The number of hydrogen-bond acceptors (Lipinski definition) is 4. The van der Waals surface area contributed by atoms with Gasteiger partial charge < -0.3 is 15.4 Å². The molecule has 1 fully saturated rings. The normalized spacial score (nSPS) is 15.0. The molecule has 1 aromatic rings. The lowest BCUT2D eigenvalue weighted by atomic mass is 10.1. The van der Waals surface area contributed by atoms with Crippen molar-refractivity contribution in [3.8, 4) is 0 Å². The van der Waals surface area contributed by atoms with Crippen molar-refractivity contribution in [3.63, 3.8) is 0 Å². The number of ether oxygens (including phenoxy) is 1. The van der Waals surface area contributed by atoms with Crippen molar-refractivity contribution in [3.05, 3.63) is 35.4 Å². The zero-order valence-corrected chi connectivity index (χ0v) is 18.7. The van der Waals surface area contributed by atoms with Crippen LogP contribution in [0.3, 0.4) is 0 Å². The molecule has 164 valence electrons. The van der Waals surface area contributed by atoms with Crippen LogP contribution in [0.4, 0.5) is 0 Å². The Hall–Kier alpha value is -1.64. The summed E-state index contributed by atoms with van der Waals surface area (Å²) in [7, 11) is -3.31. The highest BCUT2D eigenvalue weighted by Gasteiger charge is 2.20. The number of rotatable bonds is 13. The molecule has 2 rings (SSSR count). The minimum Gasteiger partial charge on any atom is -0.381 e. The van der Waals surface area contributed by atoms with Crippen molar-refractivity contribution < 1.29 is 13.2 Å². The summed E-state index contributed by atoms with van der Waals surface area (Å²) in [5.41, 5.74) is 1.80. The van der Waals surface area contributed by atoms with Crippen LogP contribution in [0.1, 0.15) is 51.2 Å². The van der Waals surface area contributed by atoms with Gasteiger partial charge in [-0.2, -0.15) is 0 Å². The minimum absolute atomic E-state index is 0.0122. The SMILES string of the molecule is CCNC(=NCc1ccc(CS(=O)(=O)NC(C)C)cc1)NCCCOCC1CC1. The molecule has 0 amide bonds. The maximum atomic E-state index is 12.0. The van der Waals surface area contributed by atoms with Gasteiger partial charge in [-0.3, -0.25) is 0 Å². The van der Waals surface area contributed by atoms with E-state index in [0.717, 1.165) is 55.7 Å². The molecule has 0 saturated heterocycles. The molecule has 0 bridgehead atoms. The molecule has 0 heterocycles. The number of nitrogens with one attached hydrogen (secondary N) is 3. The lowest BCUT2D eigenvalue weighted by Crippen LogP contribution is -2.38. The first-order valence-corrected chi connectivity index (χ1v) is 12.2. The Morgan fingerprint density at radius 2 is 1.86 bits per heavy atom. The third-order valence-corrected chi connectivity index (χ3v) is 5.91. The Labute approximate surface area is 175 Å². The first kappa shape index (κ1) is 23.6. The van der Waals surface area contributed by atoms with E-state index in [1.165, 1.54) is 12.8 Å². The van der Waals surface area contributed by atoms with E-state index in [4.69, 9.17) is 4.74 Å². The topological polar surface area (TPSA) is 91.8 Å². The van der Waals surface area contributed by atoms with Crippen molar-refractivity contribution in [2.24, 2.45) is 10.9 Å². The fourth-order valence-electron chi connectivity index (χ4n) is 2.79. The van der Waals surface area contributed by atoms with Gasteiger partial charge in [0.15, 0.2) is 5.96 Å². The third-order valence-electron chi connectivity index (χ3n) is 4.37. The lowest BCUT2D eigenvalue weighted by molar-refractivity contribution is 0.123. The summed E-state index contributed by atoms with van der Waals surface area (Å²) in [6.07, 6.45) is 3.59. The van der Waals surface area contributed by atoms with E-state index in [1.807, 2.05) is 45.0 Å². The largest absolute Gasteiger partial charge is 0.381 e. The average molecular weight is 425 g/mol. The van der Waals surface area contributed by atoms with Crippen LogP contribution in [0.25, 0.3) is 0 Å². The summed E-state index contributed by atoms with van der Waals surface area (Å²) in [6, 6.07) is 7.46. The molecule has 1 aliphatic carbocycles. The van der Waals surface area contributed by atoms with Gasteiger partial charge in [0.2, 0.25) is 10.0 Å². The van der Waals surface area contributed by atoms with Crippen molar-refractivity contribution in [1.82, 2.24) is 15.4 Å². The van der Waals surface area contributed by atoms with E-state index >= 15 is 0 Å². The highest BCUT2D eigenvalue weighted by Crippen LogP contribution is 2.28. The molecule has 0 aromatic heterocycles. The summed E-state index contributed by atoms with van der Waals surface area (Å²) in [6.45, 7) is 9.49. The molecular weight excluding hydrogens is 388 g/mol. The van der Waals surface area contributed by atoms with Crippen molar-refractivity contribution >= 4 is 16.0 Å². The Kier molecular flexibility index (Phi) is 9.90. The van der Waals surface area contributed by atoms with E-state index in [2.05, 4.69) is 20.3 Å². The Bertz CT molecular complexity index is 729. The first-order valence-electron chi connectivity index (χ1n) is 10.6. The van der Waals surface area contributed by atoms with Gasteiger partial charge in [0.05, 0.1) is 12.3 Å². The van der Waals surface area contributed by atoms with E-state index in [-0.39, 0.29) is 11.8 Å². The molecule has 8 heteroatoms. The minimum atomic E-state index is -3.31. The van der Waals surface area contributed by atoms with Gasteiger partial charge in [-0.25, -0.2) is 18.1 Å². The van der Waals surface area contributed by atoms with Crippen LogP contribution in [0.5, 0.6) is 0 Å². The van der Waals surface area contributed by atoms with Crippen molar-refractivity contribution in [1.29, 1.82) is 0 Å². The summed E-state index contributed by atoms with van der Waals surface area (Å²) >= 11 is 0. The van der Waals surface area contributed by atoms with Crippen LogP contribution in [0.2, 0.25) is 0 Å². The number of aliphatic imine (C=N–C) groups is 1. The quantitative estimate of drug-likeness (QED) is 0.257. The van der Waals surface area contributed by atoms with E-state index in [0.29, 0.717) is 6.54 Å². The van der Waals surface area contributed by atoms with Gasteiger partial charge in [0.1, 0.15) is 0 Å². The average Bonchev–Trinajstić information content (AvgIpc) is 3.46. The predicted molar refractivity (Wildman–Crippen MR) is 118 cm³/mol. The van der Waals surface area contributed by atoms with Gasteiger partial charge in [-0.05, 0) is 57.1 Å². The van der Waals surface area contributed by atoms with Crippen LogP contribution in [0.15, 0.2) is 29.3 Å². The molecule has 0 radical (unpaired) electrons. The maximum Gasteiger partial charge on any atom is 0.216 e. The van der Waals surface area contributed by atoms with Gasteiger partial charge >= 0.3 is 0 Å². The summed E-state index contributed by atoms with van der Waals surface area (Å²) in [5.74, 6) is 1.57. The highest BCUT2D eigenvalue weighted by molar-refractivity contribution is 7.88.